The molecule has 0 saturated heterocycles. The molecule has 0 saturated carbocycles. The zero-order valence-electron chi connectivity index (χ0n) is 17.5. The van der Waals surface area contributed by atoms with E-state index in [1.165, 1.54) is 24.9 Å². The smallest absolute Gasteiger partial charge is 0.326 e. The van der Waals surface area contributed by atoms with E-state index in [0.717, 1.165) is 12.1 Å². The van der Waals surface area contributed by atoms with Gasteiger partial charge in [-0.25, -0.2) is 0 Å². The maximum atomic E-state index is 13.0. The van der Waals surface area contributed by atoms with E-state index in [-0.39, 0.29) is 18.1 Å². The summed E-state index contributed by atoms with van der Waals surface area (Å²) in [4.78, 5) is 37.2. The number of nitrogens with one attached hydrogen (secondary N) is 3. The monoisotopic (exact) mass is 470 g/mol. The fraction of sp³-hybridized carbons (Fsp3) is 0.286. The number of halogens is 4. The maximum Gasteiger partial charge on any atom is 0.417 e. The van der Waals surface area contributed by atoms with Gasteiger partial charge in [0.15, 0.2) is 0 Å². The third-order valence-corrected chi connectivity index (χ3v) is 4.79. The lowest BCUT2D eigenvalue weighted by atomic mass is 10.2. The Kier molecular flexibility index (Phi) is 8.23. The fourth-order valence-electron chi connectivity index (χ4n) is 2.67. The molecule has 7 nitrogen and oxygen atoms in total. The Morgan fingerprint density at radius 1 is 0.969 bits per heavy atom. The number of benzene rings is 2. The third-order valence-electron chi connectivity index (χ3n) is 4.46. The Bertz CT molecular complexity index is 997. The summed E-state index contributed by atoms with van der Waals surface area (Å²) in [6, 6.07) is 8.82. The average Bonchev–Trinajstić information content (AvgIpc) is 2.69. The van der Waals surface area contributed by atoms with E-state index in [1.54, 1.807) is 31.2 Å². The minimum absolute atomic E-state index is 0.0588. The van der Waals surface area contributed by atoms with Gasteiger partial charge in [0.25, 0.3) is 0 Å². The minimum Gasteiger partial charge on any atom is -0.326 e. The highest BCUT2D eigenvalue weighted by atomic mass is 35.5. The van der Waals surface area contributed by atoms with Crippen LogP contribution < -0.4 is 16.0 Å². The zero-order chi connectivity index (χ0) is 24.1. The van der Waals surface area contributed by atoms with Gasteiger partial charge in [0.05, 0.1) is 23.2 Å². The van der Waals surface area contributed by atoms with Crippen molar-refractivity contribution >= 4 is 46.4 Å². The number of likely N-dealkylation sites (N-methyl/N-ethyl adjacent to an activating group) is 1. The van der Waals surface area contributed by atoms with Crippen LogP contribution in [0.3, 0.4) is 0 Å². The summed E-state index contributed by atoms with van der Waals surface area (Å²) in [6.07, 6.45) is -4.65. The lowest BCUT2D eigenvalue weighted by molar-refractivity contribution is -0.137. The first-order valence-corrected chi connectivity index (χ1v) is 9.80. The molecule has 3 amide bonds. The molecule has 0 aliphatic carbocycles. The number of amides is 3. The maximum absolute atomic E-state index is 13.0. The first kappa shape index (κ1) is 25.2. The molecule has 32 heavy (non-hydrogen) atoms. The number of hydrogen-bond donors (Lipinski definition) is 3. The number of rotatable bonds is 7. The molecule has 0 aliphatic heterocycles. The van der Waals surface area contributed by atoms with E-state index in [0.29, 0.717) is 11.4 Å². The molecule has 1 atom stereocenters. The van der Waals surface area contributed by atoms with Crippen LogP contribution >= 0.6 is 11.6 Å². The number of nitrogens with zero attached hydrogens (tertiary/aromatic N) is 1. The van der Waals surface area contributed by atoms with Gasteiger partial charge in [-0.3, -0.25) is 19.3 Å². The van der Waals surface area contributed by atoms with Crippen LogP contribution in [0.15, 0.2) is 42.5 Å². The quantitative estimate of drug-likeness (QED) is 0.565. The topological polar surface area (TPSA) is 90.5 Å². The predicted molar refractivity (Wildman–Crippen MR) is 117 cm³/mol. The van der Waals surface area contributed by atoms with Crippen LogP contribution in [0.25, 0.3) is 0 Å². The Balaban J connectivity index is 1.93. The van der Waals surface area contributed by atoms with Crippen molar-refractivity contribution in [1.82, 2.24) is 4.90 Å². The number of carbonyl (C=O) groups excluding carboxylic acids is 3. The summed E-state index contributed by atoms with van der Waals surface area (Å²) in [5.74, 6) is -1.20. The van der Waals surface area contributed by atoms with Gasteiger partial charge in [-0.05, 0) is 56.4 Å². The van der Waals surface area contributed by atoms with Gasteiger partial charge in [0, 0.05) is 24.0 Å². The minimum atomic E-state index is -4.65. The van der Waals surface area contributed by atoms with Gasteiger partial charge >= 0.3 is 6.18 Å². The van der Waals surface area contributed by atoms with Crippen LogP contribution in [0.1, 0.15) is 19.4 Å². The molecule has 0 fully saturated rings. The largest absolute Gasteiger partial charge is 0.417 e. The van der Waals surface area contributed by atoms with Gasteiger partial charge in [-0.1, -0.05) is 11.6 Å². The Morgan fingerprint density at radius 2 is 1.50 bits per heavy atom. The van der Waals surface area contributed by atoms with Gasteiger partial charge in [0.2, 0.25) is 17.7 Å². The SMILES string of the molecule is CC(=O)Nc1ccc(NC(=O)[C@@H](C)N(C)CC(=O)Nc2ccc(Cl)c(C(F)(F)F)c2)cc1. The summed E-state index contributed by atoms with van der Waals surface area (Å²) >= 11 is 5.57. The molecular formula is C21H22ClF3N4O3. The second-order valence-corrected chi connectivity index (χ2v) is 7.49. The molecule has 0 aliphatic rings. The van der Waals surface area contributed by atoms with Crippen molar-refractivity contribution in [3.8, 4) is 0 Å². The molecule has 0 radical (unpaired) electrons. The summed E-state index contributed by atoms with van der Waals surface area (Å²) in [5.41, 5.74) is -0.0399. The van der Waals surface area contributed by atoms with Gasteiger partial charge in [0.1, 0.15) is 0 Å². The molecular weight excluding hydrogens is 449 g/mol. The standard InChI is InChI=1S/C21H22ClF3N4O3/c1-12(20(32)28-15-6-4-14(5-7-15)26-13(2)30)29(3)11-19(31)27-16-8-9-18(22)17(10-16)21(23,24)25/h4-10,12H,11H2,1-3H3,(H,26,30)(H,27,31)(H,28,32)/t12-/m1/s1. The highest BCUT2D eigenvalue weighted by Crippen LogP contribution is 2.36. The van der Waals surface area contributed by atoms with Crippen LogP contribution in [-0.4, -0.2) is 42.3 Å². The van der Waals surface area contributed by atoms with E-state index >= 15 is 0 Å². The molecule has 11 heteroatoms. The number of alkyl halides is 3. The highest BCUT2D eigenvalue weighted by molar-refractivity contribution is 6.31. The zero-order valence-corrected chi connectivity index (χ0v) is 18.3. The summed E-state index contributed by atoms with van der Waals surface area (Å²) in [6.45, 7) is 2.73. The molecule has 0 spiro atoms. The van der Waals surface area contributed by atoms with E-state index in [9.17, 15) is 27.6 Å². The predicted octanol–water partition coefficient (Wildman–Crippen LogP) is 4.21. The van der Waals surface area contributed by atoms with Gasteiger partial charge < -0.3 is 16.0 Å². The van der Waals surface area contributed by atoms with Crippen molar-refractivity contribution in [3.63, 3.8) is 0 Å². The molecule has 0 heterocycles. The average molecular weight is 471 g/mol. The normalized spacial score (nSPS) is 12.2. The Morgan fingerprint density at radius 3 is 2.03 bits per heavy atom. The van der Waals surface area contributed by atoms with Crippen molar-refractivity contribution < 1.29 is 27.6 Å². The van der Waals surface area contributed by atoms with Crippen molar-refractivity contribution in [2.24, 2.45) is 0 Å². The molecule has 2 aromatic rings. The van der Waals surface area contributed by atoms with Crippen LogP contribution in [0.2, 0.25) is 5.02 Å². The second kappa shape index (κ2) is 10.5. The molecule has 0 unspecified atom stereocenters. The summed E-state index contributed by atoms with van der Waals surface area (Å²) in [7, 11) is 1.53. The molecule has 3 N–H and O–H groups in total. The molecule has 2 aromatic carbocycles. The molecule has 0 bridgehead atoms. The van der Waals surface area contributed by atoms with E-state index < -0.39 is 34.6 Å². The Labute approximate surface area is 187 Å². The first-order chi connectivity index (χ1) is 14.9. The summed E-state index contributed by atoms with van der Waals surface area (Å²) in [5, 5.41) is 7.20. The van der Waals surface area contributed by atoms with Crippen molar-refractivity contribution in [1.29, 1.82) is 0 Å². The van der Waals surface area contributed by atoms with E-state index in [1.807, 2.05) is 0 Å². The lowest BCUT2D eigenvalue weighted by Crippen LogP contribution is -2.43. The molecule has 2 rings (SSSR count). The fourth-order valence-corrected chi connectivity index (χ4v) is 2.90. The van der Waals surface area contributed by atoms with Crippen LogP contribution in [0, 0.1) is 0 Å². The highest BCUT2D eigenvalue weighted by Gasteiger charge is 2.33. The van der Waals surface area contributed by atoms with Gasteiger partial charge in [-0.2, -0.15) is 13.2 Å². The Hall–Kier alpha value is -3.11. The number of hydrogen-bond acceptors (Lipinski definition) is 4. The van der Waals surface area contributed by atoms with Crippen LogP contribution in [-0.2, 0) is 20.6 Å². The van der Waals surface area contributed by atoms with E-state index in [2.05, 4.69) is 16.0 Å². The molecule has 172 valence electrons. The summed E-state index contributed by atoms with van der Waals surface area (Å²) < 4.78 is 38.9. The lowest BCUT2D eigenvalue weighted by Gasteiger charge is -2.23. The van der Waals surface area contributed by atoms with Crippen molar-refractivity contribution in [2.45, 2.75) is 26.1 Å². The molecule has 0 aromatic heterocycles. The number of anilines is 3. The van der Waals surface area contributed by atoms with E-state index in [4.69, 9.17) is 11.6 Å². The first-order valence-electron chi connectivity index (χ1n) is 9.42. The van der Waals surface area contributed by atoms with Crippen LogP contribution in [0.4, 0.5) is 30.2 Å². The van der Waals surface area contributed by atoms with Crippen molar-refractivity contribution in [3.05, 3.63) is 53.1 Å². The van der Waals surface area contributed by atoms with Crippen LogP contribution in [0.5, 0.6) is 0 Å². The van der Waals surface area contributed by atoms with Gasteiger partial charge in [-0.15, -0.1) is 0 Å². The van der Waals surface area contributed by atoms with Crippen molar-refractivity contribution in [2.75, 3.05) is 29.5 Å². The second-order valence-electron chi connectivity index (χ2n) is 7.08. The number of carbonyl (C=O) groups is 3. The third kappa shape index (κ3) is 7.24.